The summed E-state index contributed by atoms with van der Waals surface area (Å²) in [4.78, 5) is 25.5. The summed E-state index contributed by atoms with van der Waals surface area (Å²) in [5.41, 5.74) is 4.86. The number of aromatic amines is 1. The number of hydrogen-bond donors (Lipinski definition) is 1. The van der Waals surface area contributed by atoms with Crippen LogP contribution < -0.4 is 0 Å². The molecule has 3 fully saturated rings. The van der Waals surface area contributed by atoms with Crippen LogP contribution in [0.1, 0.15) is 28.9 Å². The number of aromatic nitrogens is 2. The Labute approximate surface area is 156 Å². The Morgan fingerprint density at radius 1 is 1.23 bits per heavy atom. The van der Waals surface area contributed by atoms with E-state index in [0.29, 0.717) is 12.0 Å². The van der Waals surface area contributed by atoms with Gasteiger partial charge in [0.05, 0.1) is 11.2 Å². The normalized spacial score (nSPS) is 23.5. The van der Waals surface area contributed by atoms with Crippen molar-refractivity contribution in [3.63, 3.8) is 0 Å². The van der Waals surface area contributed by atoms with Gasteiger partial charge in [0.15, 0.2) is 0 Å². The fourth-order valence-electron chi connectivity index (χ4n) is 4.45. The van der Waals surface area contributed by atoms with E-state index in [1.165, 1.54) is 6.42 Å². The lowest BCUT2D eigenvalue weighted by atomic mass is 9.94. The molecule has 0 aliphatic carbocycles. The molecule has 2 atom stereocenters. The van der Waals surface area contributed by atoms with Crippen LogP contribution in [-0.4, -0.2) is 51.4 Å². The average Bonchev–Trinajstić information content (AvgIpc) is 3.26. The fraction of sp³-hybridized carbons (Fsp3) is 0.400. The van der Waals surface area contributed by atoms with Crippen LogP contribution in [0.3, 0.4) is 0 Å². The fourth-order valence-corrected chi connectivity index (χ4v) is 5.00. The number of H-pyrrole nitrogens is 1. The maximum absolute atomic E-state index is 13.2. The zero-order valence-electron chi connectivity index (χ0n) is 14.6. The number of rotatable bonds is 3. The molecule has 134 valence electrons. The molecule has 0 spiro atoms. The minimum atomic E-state index is 0.173. The van der Waals surface area contributed by atoms with Gasteiger partial charge in [0.25, 0.3) is 5.91 Å². The van der Waals surface area contributed by atoms with Gasteiger partial charge in [-0.3, -0.25) is 9.69 Å². The van der Waals surface area contributed by atoms with Gasteiger partial charge in [0.1, 0.15) is 0 Å². The average molecular weight is 366 g/mol. The molecule has 3 aliphatic heterocycles. The maximum atomic E-state index is 13.2. The third-order valence-corrected chi connectivity index (χ3v) is 6.36. The standard InChI is InChI=1S/C20H22N4OS/c25-20(16-3-2-15-5-6-21-19(15)7-16)24-9-14-1-4-18(24)11-23(8-14)10-17-12-26-13-22-17/h2-3,5-7,12-14,18,21H,1,4,8-11H2. The molecule has 1 N–H and O–H groups in total. The van der Waals surface area contributed by atoms with Crippen molar-refractivity contribution in [2.24, 2.45) is 5.92 Å². The first-order valence-electron chi connectivity index (χ1n) is 9.24. The number of amides is 1. The number of thiazole rings is 1. The number of carbonyl (C=O) groups excluding carboxylic acids is 1. The zero-order valence-corrected chi connectivity index (χ0v) is 15.4. The molecule has 2 unspecified atom stereocenters. The van der Waals surface area contributed by atoms with Crippen LogP contribution in [0, 0.1) is 5.92 Å². The highest BCUT2D eigenvalue weighted by molar-refractivity contribution is 7.07. The molecule has 1 aromatic carbocycles. The minimum Gasteiger partial charge on any atom is -0.361 e. The predicted octanol–water partition coefficient (Wildman–Crippen LogP) is 3.36. The molecule has 0 radical (unpaired) electrons. The molecule has 0 saturated carbocycles. The second-order valence-corrected chi connectivity index (χ2v) is 8.23. The molecule has 1 amide bonds. The maximum Gasteiger partial charge on any atom is 0.254 e. The summed E-state index contributed by atoms with van der Waals surface area (Å²) in [6.07, 6.45) is 4.25. The van der Waals surface area contributed by atoms with Crippen molar-refractivity contribution in [1.29, 1.82) is 0 Å². The first kappa shape index (κ1) is 16.0. The van der Waals surface area contributed by atoms with E-state index in [0.717, 1.165) is 54.8 Å². The van der Waals surface area contributed by atoms with Crippen LogP contribution in [0.25, 0.3) is 10.9 Å². The quantitative estimate of drug-likeness (QED) is 0.773. The minimum absolute atomic E-state index is 0.173. The van der Waals surface area contributed by atoms with Gasteiger partial charge < -0.3 is 9.88 Å². The Morgan fingerprint density at radius 3 is 3.08 bits per heavy atom. The molecule has 5 nitrogen and oxygen atoms in total. The van der Waals surface area contributed by atoms with Crippen LogP contribution >= 0.6 is 11.3 Å². The SMILES string of the molecule is O=C(c1ccc2cc[nH]c2c1)N1CC2CCC1CN(Cc1cscn1)C2. The molecule has 6 rings (SSSR count). The lowest BCUT2D eigenvalue weighted by Gasteiger charge is -2.36. The van der Waals surface area contributed by atoms with Gasteiger partial charge in [-0.25, -0.2) is 4.98 Å². The van der Waals surface area contributed by atoms with Gasteiger partial charge >= 0.3 is 0 Å². The molecular formula is C20H22N4OS. The first-order chi connectivity index (χ1) is 12.8. The largest absolute Gasteiger partial charge is 0.361 e. The van der Waals surface area contributed by atoms with Crippen molar-refractivity contribution in [3.05, 3.63) is 52.6 Å². The Balaban J connectivity index is 1.37. The van der Waals surface area contributed by atoms with Gasteiger partial charge in [-0.1, -0.05) is 6.07 Å². The van der Waals surface area contributed by atoms with E-state index in [1.807, 2.05) is 36.0 Å². The van der Waals surface area contributed by atoms with Crippen LogP contribution in [0.5, 0.6) is 0 Å². The van der Waals surface area contributed by atoms with E-state index >= 15 is 0 Å². The highest BCUT2D eigenvalue weighted by atomic mass is 32.1. The number of fused-ring (bicyclic) bond motifs is 5. The lowest BCUT2D eigenvalue weighted by Crippen LogP contribution is -2.47. The summed E-state index contributed by atoms with van der Waals surface area (Å²) in [5, 5.41) is 3.27. The highest BCUT2D eigenvalue weighted by Crippen LogP contribution is 2.30. The van der Waals surface area contributed by atoms with Gasteiger partial charge in [-0.05, 0) is 42.3 Å². The molecule has 2 aromatic heterocycles. The second-order valence-electron chi connectivity index (χ2n) is 7.51. The number of hydrogen-bond acceptors (Lipinski definition) is 4. The number of carbonyl (C=O) groups is 1. The number of piperidine rings is 1. The molecule has 3 aliphatic rings. The van der Waals surface area contributed by atoms with Crippen molar-refractivity contribution in [2.75, 3.05) is 19.6 Å². The lowest BCUT2D eigenvalue weighted by molar-refractivity contribution is 0.0585. The predicted molar refractivity (Wildman–Crippen MR) is 103 cm³/mol. The summed E-state index contributed by atoms with van der Waals surface area (Å²) in [7, 11) is 0. The van der Waals surface area contributed by atoms with Crippen molar-refractivity contribution in [3.8, 4) is 0 Å². The van der Waals surface area contributed by atoms with Gasteiger partial charge in [0.2, 0.25) is 0 Å². The van der Waals surface area contributed by atoms with E-state index in [2.05, 4.69) is 25.1 Å². The Bertz CT molecular complexity index is 919. The summed E-state index contributed by atoms with van der Waals surface area (Å²) >= 11 is 1.65. The zero-order chi connectivity index (χ0) is 17.5. The summed E-state index contributed by atoms with van der Waals surface area (Å²) in [6.45, 7) is 3.78. The molecule has 2 bridgehead atoms. The number of benzene rings is 1. The number of nitrogens with zero attached hydrogens (tertiary/aromatic N) is 3. The van der Waals surface area contributed by atoms with E-state index in [1.54, 1.807) is 11.3 Å². The molecule has 5 heterocycles. The molecule has 6 heteroatoms. The summed E-state index contributed by atoms with van der Waals surface area (Å²) < 4.78 is 0. The Hall–Kier alpha value is -2.18. The van der Waals surface area contributed by atoms with E-state index in [9.17, 15) is 4.79 Å². The monoisotopic (exact) mass is 366 g/mol. The van der Waals surface area contributed by atoms with Crippen LogP contribution in [0.2, 0.25) is 0 Å². The third-order valence-electron chi connectivity index (χ3n) is 5.72. The topological polar surface area (TPSA) is 52.2 Å². The van der Waals surface area contributed by atoms with Gasteiger partial charge in [-0.2, -0.15) is 0 Å². The summed E-state index contributed by atoms with van der Waals surface area (Å²) in [5.74, 6) is 0.734. The van der Waals surface area contributed by atoms with E-state index in [4.69, 9.17) is 0 Å². The summed E-state index contributed by atoms with van der Waals surface area (Å²) in [6, 6.07) is 8.32. The highest BCUT2D eigenvalue weighted by Gasteiger charge is 2.37. The van der Waals surface area contributed by atoms with Gasteiger partial charge in [0, 0.05) is 54.9 Å². The van der Waals surface area contributed by atoms with E-state index < -0.39 is 0 Å². The molecular weight excluding hydrogens is 344 g/mol. The first-order valence-corrected chi connectivity index (χ1v) is 10.2. The number of nitrogens with one attached hydrogen (secondary N) is 1. The van der Waals surface area contributed by atoms with Crippen LogP contribution in [0.15, 0.2) is 41.4 Å². The van der Waals surface area contributed by atoms with Gasteiger partial charge in [-0.15, -0.1) is 11.3 Å². The van der Waals surface area contributed by atoms with Crippen molar-refractivity contribution >= 4 is 28.1 Å². The third kappa shape index (κ3) is 2.93. The van der Waals surface area contributed by atoms with E-state index in [-0.39, 0.29) is 5.91 Å². The van der Waals surface area contributed by atoms with Crippen molar-refractivity contribution in [1.82, 2.24) is 19.8 Å². The van der Waals surface area contributed by atoms with Crippen molar-refractivity contribution in [2.45, 2.75) is 25.4 Å². The molecule has 3 saturated heterocycles. The molecule has 26 heavy (non-hydrogen) atoms. The molecule has 3 aromatic rings. The Morgan fingerprint density at radius 2 is 2.19 bits per heavy atom. The van der Waals surface area contributed by atoms with Crippen molar-refractivity contribution < 1.29 is 4.79 Å². The smallest absolute Gasteiger partial charge is 0.254 e. The second kappa shape index (κ2) is 6.52. The van der Waals surface area contributed by atoms with Crippen LogP contribution in [-0.2, 0) is 6.54 Å². The van der Waals surface area contributed by atoms with Crippen LogP contribution in [0.4, 0.5) is 0 Å². The Kier molecular flexibility index (Phi) is 4.02.